The summed E-state index contributed by atoms with van der Waals surface area (Å²) in [5.74, 6) is -1.73. The van der Waals surface area contributed by atoms with Gasteiger partial charge in [-0.25, -0.2) is 9.78 Å². The lowest BCUT2D eigenvalue weighted by atomic mass is 10.0. The molecule has 2 heterocycles. The number of carboxylic acid groups (broad SMARTS) is 2. The Bertz CT molecular complexity index is 1330. The van der Waals surface area contributed by atoms with E-state index in [1.807, 2.05) is 56.3 Å². The summed E-state index contributed by atoms with van der Waals surface area (Å²) in [5.41, 5.74) is 3.64. The number of benzene rings is 2. The molecule has 0 unspecified atom stereocenters. The lowest BCUT2D eigenvalue weighted by Crippen LogP contribution is -2.39. The van der Waals surface area contributed by atoms with E-state index in [4.69, 9.17) is 0 Å². The molecule has 7 nitrogen and oxygen atoms in total. The van der Waals surface area contributed by atoms with Crippen LogP contribution >= 0.6 is 0 Å². The van der Waals surface area contributed by atoms with Crippen molar-refractivity contribution in [3.05, 3.63) is 77.6 Å². The van der Waals surface area contributed by atoms with Crippen LogP contribution in [-0.4, -0.2) is 44.3 Å². The predicted octanol–water partition coefficient (Wildman–Crippen LogP) is 4.57. The highest BCUT2D eigenvalue weighted by Gasteiger charge is 2.21. The highest BCUT2D eigenvalue weighted by molar-refractivity contribution is 6.10. The van der Waals surface area contributed by atoms with Gasteiger partial charge in [-0.2, -0.15) is 0 Å². The number of fused-ring (bicyclic) bond motifs is 3. The molecule has 4 aromatic rings. The van der Waals surface area contributed by atoms with E-state index in [0.717, 1.165) is 27.4 Å². The van der Waals surface area contributed by atoms with Gasteiger partial charge >= 0.3 is 11.9 Å². The number of aromatic carboxylic acids is 1. The summed E-state index contributed by atoms with van der Waals surface area (Å²) in [4.78, 5) is 28.0. The number of nitrogens with zero attached hydrogens (tertiary/aromatic N) is 2. The highest BCUT2D eigenvalue weighted by atomic mass is 16.4. The Morgan fingerprint density at radius 2 is 1.71 bits per heavy atom. The number of rotatable bonds is 10. The van der Waals surface area contributed by atoms with Gasteiger partial charge < -0.3 is 20.1 Å². The number of aliphatic carboxylic acids is 1. The number of para-hydroxylation sites is 1. The SMILES string of the molecule is CC(C)C[C@H](NCCc1nc(C(=O)O)cc2c3ccccc3n(Cc3ccccc3)c12)C(=O)O. The monoisotopic (exact) mass is 459 g/mol. The summed E-state index contributed by atoms with van der Waals surface area (Å²) in [7, 11) is 0. The van der Waals surface area contributed by atoms with Gasteiger partial charge in [0.25, 0.3) is 0 Å². The smallest absolute Gasteiger partial charge is 0.354 e. The third-order valence-electron chi connectivity index (χ3n) is 5.98. The molecule has 1 atom stereocenters. The standard InChI is InChI=1S/C27H29N3O4/c1-17(2)14-22(26(31)32)28-13-12-21-25-20(15-23(29-21)27(33)34)19-10-6-7-11-24(19)30(25)16-18-8-4-3-5-9-18/h3-11,15,17,22,28H,12-14,16H2,1-2H3,(H,31,32)(H,33,34)/t22-/m0/s1. The van der Waals surface area contributed by atoms with Crippen molar-refractivity contribution >= 4 is 33.7 Å². The van der Waals surface area contributed by atoms with Gasteiger partial charge in [0.1, 0.15) is 11.7 Å². The summed E-state index contributed by atoms with van der Waals surface area (Å²) >= 11 is 0. The van der Waals surface area contributed by atoms with E-state index in [1.165, 1.54) is 0 Å². The molecule has 0 spiro atoms. The minimum Gasteiger partial charge on any atom is -0.480 e. The van der Waals surface area contributed by atoms with Crippen molar-refractivity contribution in [1.29, 1.82) is 0 Å². The van der Waals surface area contributed by atoms with Crippen LogP contribution < -0.4 is 5.32 Å². The van der Waals surface area contributed by atoms with E-state index in [-0.39, 0.29) is 11.6 Å². The second-order valence-electron chi connectivity index (χ2n) is 8.97. The van der Waals surface area contributed by atoms with Crippen molar-refractivity contribution in [2.75, 3.05) is 6.54 Å². The zero-order chi connectivity index (χ0) is 24.2. The minimum absolute atomic E-state index is 0.0120. The van der Waals surface area contributed by atoms with Gasteiger partial charge in [-0.1, -0.05) is 62.4 Å². The summed E-state index contributed by atoms with van der Waals surface area (Å²) < 4.78 is 2.18. The summed E-state index contributed by atoms with van der Waals surface area (Å²) in [5, 5.41) is 24.2. The van der Waals surface area contributed by atoms with Gasteiger partial charge in [-0.3, -0.25) is 4.79 Å². The molecule has 0 aliphatic rings. The van der Waals surface area contributed by atoms with Crippen LogP contribution in [0.2, 0.25) is 0 Å². The molecule has 3 N–H and O–H groups in total. The van der Waals surface area contributed by atoms with Gasteiger partial charge in [0, 0.05) is 35.8 Å². The number of aromatic nitrogens is 2. The topological polar surface area (TPSA) is 104 Å². The van der Waals surface area contributed by atoms with E-state index >= 15 is 0 Å². The fourth-order valence-electron chi connectivity index (χ4n) is 4.48. The Balaban J connectivity index is 1.79. The van der Waals surface area contributed by atoms with Crippen molar-refractivity contribution in [2.45, 2.75) is 39.3 Å². The van der Waals surface area contributed by atoms with Crippen LogP contribution in [-0.2, 0) is 17.8 Å². The maximum Gasteiger partial charge on any atom is 0.354 e. The average molecular weight is 460 g/mol. The van der Waals surface area contributed by atoms with E-state index in [2.05, 4.69) is 27.0 Å². The second-order valence-corrected chi connectivity index (χ2v) is 8.97. The van der Waals surface area contributed by atoms with Gasteiger partial charge in [0.15, 0.2) is 0 Å². The van der Waals surface area contributed by atoms with Crippen LogP contribution in [0.3, 0.4) is 0 Å². The first-order valence-electron chi connectivity index (χ1n) is 11.5. The molecule has 2 aromatic heterocycles. The summed E-state index contributed by atoms with van der Waals surface area (Å²) in [6, 6.07) is 19.0. The second kappa shape index (κ2) is 10.1. The zero-order valence-electron chi connectivity index (χ0n) is 19.4. The molecule has 0 saturated carbocycles. The third-order valence-corrected chi connectivity index (χ3v) is 5.98. The molecule has 176 valence electrons. The highest BCUT2D eigenvalue weighted by Crippen LogP contribution is 2.32. The van der Waals surface area contributed by atoms with Gasteiger partial charge in [0.2, 0.25) is 0 Å². The Labute approximate surface area is 198 Å². The number of hydrogen-bond donors (Lipinski definition) is 3. The molecule has 0 aliphatic heterocycles. The maximum atomic E-state index is 11.9. The van der Waals surface area contributed by atoms with Crippen LogP contribution in [0.25, 0.3) is 21.8 Å². The van der Waals surface area contributed by atoms with Crippen LogP contribution in [0.1, 0.15) is 42.0 Å². The summed E-state index contributed by atoms with van der Waals surface area (Å²) in [6.07, 6.45) is 0.923. The molecular weight excluding hydrogens is 430 g/mol. The van der Waals surface area contributed by atoms with Crippen LogP contribution in [0, 0.1) is 5.92 Å². The minimum atomic E-state index is -1.08. The molecule has 0 amide bonds. The Hall–Kier alpha value is -3.71. The van der Waals surface area contributed by atoms with E-state index in [0.29, 0.717) is 31.6 Å². The largest absolute Gasteiger partial charge is 0.480 e. The molecule has 0 radical (unpaired) electrons. The lowest BCUT2D eigenvalue weighted by Gasteiger charge is -2.17. The zero-order valence-corrected chi connectivity index (χ0v) is 19.4. The quantitative estimate of drug-likeness (QED) is 0.321. The summed E-state index contributed by atoms with van der Waals surface area (Å²) in [6.45, 7) is 4.97. The maximum absolute atomic E-state index is 11.9. The van der Waals surface area contributed by atoms with Crippen LogP contribution in [0.5, 0.6) is 0 Å². The molecule has 0 fully saturated rings. The normalized spacial score (nSPS) is 12.4. The van der Waals surface area contributed by atoms with Crippen molar-refractivity contribution in [3.63, 3.8) is 0 Å². The van der Waals surface area contributed by atoms with Crippen molar-refractivity contribution in [1.82, 2.24) is 14.9 Å². The Morgan fingerprint density at radius 1 is 1.00 bits per heavy atom. The van der Waals surface area contributed by atoms with E-state index in [1.54, 1.807) is 6.07 Å². The fraction of sp³-hybridized carbons (Fsp3) is 0.296. The lowest BCUT2D eigenvalue weighted by molar-refractivity contribution is -0.139. The first kappa shape index (κ1) is 23.4. The molecule has 4 rings (SSSR count). The van der Waals surface area contributed by atoms with Gasteiger partial charge in [-0.05, 0) is 30.0 Å². The Kier molecular flexibility index (Phi) is 6.93. The van der Waals surface area contributed by atoms with Crippen LogP contribution in [0.4, 0.5) is 0 Å². The molecule has 0 bridgehead atoms. The average Bonchev–Trinajstić information content (AvgIpc) is 3.12. The first-order chi connectivity index (χ1) is 16.3. The van der Waals surface area contributed by atoms with E-state index in [9.17, 15) is 19.8 Å². The van der Waals surface area contributed by atoms with Crippen LogP contribution in [0.15, 0.2) is 60.7 Å². The molecular formula is C27H29N3O4. The number of carboxylic acids is 2. The predicted molar refractivity (Wildman–Crippen MR) is 132 cm³/mol. The van der Waals surface area contributed by atoms with E-state index < -0.39 is 18.0 Å². The molecule has 0 aliphatic carbocycles. The fourth-order valence-corrected chi connectivity index (χ4v) is 4.48. The van der Waals surface area contributed by atoms with Crippen molar-refractivity contribution in [3.8, 4) is 0 Å². The van der Waals surface area contributed by atoms with Crippen molar-refractivity contribution < 1.29 is 19.8 Å². The van der Waals surface area contributed by atoms with Gasteiger partial charge in [0.05, 0.1) is 11.2 Å². The molecule has 7 heteroatoms. The number of hydrogen-bond acceptors (Lipinski definition) is 4. The number of pyridine rings is 1. The molecule has 0 saturated heterocycles. The number of nitrogens with one attached hydrogen (secondary N) is 1. The number of carbonyl (C=O) groups is 2. The molecule has 2 aromatic carbocycles. The van der Waals surface area contributed by atoms with Crippen molar-refractivity contribution in [2.24, 2.45) is 5.92 Å². The van der Waals surface area contributed by atoms with Gasteiger partial charge in [-0.15, -0.1) is 0 Å². The molecule has 34 heavy (non-hydrogen) atoms. The Morgan fingerprint density at radius 3 is 2.38 bits per heavy atom. The third kappa shape index (κ3) is 4.94. The first-order valence-corrected chi connectivity index (χ1v) is 11.5.